The number of para-hydroxylation sites is 4. The third-order valence-corrected chi connectivity index (χ3v) is 4.78. The molecule has 5 aromatic rings. The molecule has 0 fully saturated rings. The number of fused-ring (bicyclic) bond motifs is 2. The number of pyridine rings is 1. The number of hydrogen-bond acceptors (Lipinski definition) is 3. The molecule has 30 heavy (non-hydrogen) atoms. The van der Waals surface area contributed by atoms with Gasteiger partial charge in [-0.2, -0.15) is 0 Å². The Morgan fingerprint density at radius 1 is 0.533 bits per heavy atom. The molecule has 0 aliphatic rings. The first-order valence-electron chi connectivity index (χ1n) is 8.53. The summed E-state index contributed by atoms with van der Waals surface area (Å²) in [5.74, 6) is 1.71. The third-order valence-electron chi connectivity index (χ3n) is 4.78. The van der Waals surface area contributed by atoms with Crippen molar-refractivity contribution in [3.63, 3.8) is 0 Å². The van der Waals surface area contributed by atoms with Crippen molar-refractivity contribution in [1.29, 1.82) is 0 Å². The number of benzene rings is 2. The molecule has 0 radical (unpaired) electrons. The number of aryl methyl sites for hydroxylation is 2. The Hall–Kier alpha value is -2.09. The Kier molecular flexibility index (Phi) is 8.89. The van der Waals surface area contributed by atoms with Crippen molar-refractivity contribution >= 4 is 22.1 Å². The fourth-order valence-electron chi connectivity index (χ4n) is 3.43. The molecule has 156 valence electrons. The molecule has 2 aromatic carbocycles. The van der Waals surface area contributed by atoms with Crippen molar-refractivity contribution in [3.8, 4) is 23.0 Å². The summed E-state index contributed by atoms with van der Waals surface area (Å²) in [6.45, 7) is 0. The largest absolute Gasteiger partial charge is 3.00 e. The van der Waals surface area contributed by atoms with Crippen LogP contribution in [0.1, 0.15) is 0 Å². The molecule has 0 amide bonds. The van der Waals surface area contributed by atoms with Crippen LogP contribution in [0.25, 0.3) is 45.1 Å². The van der Waals surface area contributed by atoms with E-state index in [2.05, 4.69) is 21.3 Å². The summed E-state index contributed by atoms with van der Waals surface area (Å²) >= 11 is 0. The number of halogens is 3. The molecule has 0 bridgehead atoms. The van der Waals surface area contributed by atoms with E-state index in [1.807, 2.05) is 68.7 Å². The standard InChI is InChI=1S/C21H17N5.3ClH.Co/c1-25-18-12-5-3-8-14(18)23-20(25)16-10-7-11-17(22-16)21-24-15-9-4-6-13-19(15)26(21)2;;;;/h3-13H,1-2H3;3*1H;/q;;;;+3/p-3. The molecule has 0 spiro atoms. The predicted octanol–water partition coefficient (Wildman–Crippen LogP) is -4.80. The van der Waals surface area contributed by atoms with Gasteiger partial charge in [0.15, 0.2) is 11.6 Å². The number of nitrogens with zero attached hydrogens (tertiary/aromatic N) is 5. The molecule has 0 unspecified atom stereocenters. The van der Waals surface area contributed by atoms with Crippen molar-refractivity contribution in [1.82, 2.24) is 24.1 Å². The first-order chi connectivity index (χ1) is 12.7. The van der Waals surface area contributed by atoms with E-state index in [-0.39, 0.29) is 54.0 Å². The van der Waals surface area contributed by atoms with Crippen molar-refractivity contribution in [2.75, 3.05) is 0 Å². The van der Waals surface area contributed by atoms with E-state index in [0.717, 1.165) is 45.1 Å². The van der Waals surface area contributed by atoms with Crippen molar-refractivity contribution < 1.29 is 54.0 Å². The van der Waals surface area contributed by atoms with Gasteiger partial charge in [0, 0.05) is 14.1 Å². The third kappa shape index (κ3) is 4.19. The van der Waals surface area contributed by atoms with Gasteiger partial charge in [-0.25, -0.2) is 15.0 Å². The van der Waals surface area contributed by atoms with Gasteiger partial charge in [0.05, 0.1) is 22.1 Å². The van der Waals surface area contributed by atoms with Gasteiger partial charge in [0.1, 0.15) is 11.4 Å². The minimum Gasteiger partial charge on any atom is -1.00 e. The quantitative estimate of drug-likeness (QED) is 0.243. The monoisotopic (exact) mass is 503 g/mol. The van der Waals surface area contributed by atoms with Crippen LogP contribution in [0.15, 0.2) is 66.7 Å². The van der Waals surface area contributed by atoms with E-state index in [1.165, 1.54) is 0 Å². The minimum absolute atomic E-state index is 0. The second-order valence-corrected chi connectivity index (χ2v) is 6.37. The van der Waals surface area contributed by atoms with Crippen LogP contribution < -0.4 is 37.2 Å². The van der Waals surface area contributed by atoms with Crippen molar-refractivity contribution in [3.05, 3.63) is 66.7 Å². The second-order valence-electron chi connectivity index (χ2n) is 6.37. The molecule has 5 rings (SSSR count). The second kappa shape index (κ2) is 10.3. The zero-order valence-electron chi connectivity index (χ0n) is 16.1. The summed E-state index contributed by atoms with van der Waals surface area (Å²) in [5, 5.41) is 0. The molecule has 0 aliphatic heterocycles. The van der Waals surface area contributed by atoms with Gasteiger partial charge in [-0.15, -0.1) is 0 Å². The molecule has 5 nitrogen and oxygen atoms in total. The normalized spacial score (nSPS) is 9.93. The van der Waals surface area contributed by atoms with Crippen molar-refractivity contribution in [2.24, 2.45) is 14.1 Å². The maximum atomic E-state index is 4.86. The summed E-state index contributed by atoms with van der Waals surface area (Å²) in [6.07, 6.45) is 0. The number of imidazole rings is 2. The van der Waals surface area contributed by atoms with E-state index in [0.29, 0.717) is 0 Å². The molecular weight excluding hydrogens is 488 g/mol. The molecule has 0 saturated carbocycles. The van der Waals surface area contributed by atoms with E-state index < -0.39 is 0 Å². The predicted molar refractivity (Wildman–Crippen MR) is 104 cm³/mol. The molecule has 3 heterocycles. The summed E-state index contributed by atoms with van der Waals surface area (Å²) in [7, 11) is 4.04. The van der Waals surface area contributed by atoms with Crippen LogP contribution in [-0.4, -0.2) is 24.1 Å². The zero-order chi connectivity index (χ0) is 17.7. The van der Waals surface area contributed by atoms with Crippen LogP contribution in [0.2, 0.25) is 0 Å². The van der Waals surface area contributed by atoms with Crippen LogP contribution in [0.3, 0.4) is 0 Å². The molecule has 0 aliphatic carbocycles. The minimum atomic E-state index is 0. The van der Waals surface area contributed by atoms with E-state index in [1.54, 1.807) is 0 Å². The van der Waals surface area contributed by atoms with Gasteiger partial charge >= 0.3 is 16.8 Å². The van der Waals surface area contributed by atoms with Gasteiger partial charge in [-0.1, -0.05) is 30.3 Å². The Balaban J connectivity index is 0.00000112. The van der Waals surface area contributed by atoms with E-state index >= 15 is 0 Å². The summed E-state index contributed by atoms with van der Waals surface area (Å²) < 4.78 is 4.16. The average Bonchev–Trinajstić information content (AvgIpc) is 3.20. The smallest absolute Gasteiger partial charge is 1.00 e. The molecule has 3 aromatic heterocycles. The van der Waals surface area contributed by atoms with Crippen LogP contribution in [-0.2, 0) is 30.9 Å². The van der Waals surface area contributed by atoms with Crippen LogP contribution >= 0.6 is 0 Å². The van der Waals surface area contributed by atoms with E-state index in [9.17, 15) is 0 Å². The summed E-state index contributed by atoms with van der Waals surface area (Å²) in [5.41, 5.74) is 5.82. The Labute approximate surface area is 203 Å². The maximum Gasteiger partial charge on any atom is 3.00 e. The van der Waals surface area contributed by atoms with Crippen LogP contribution in [0.5, 0.6) is 0 Å². The van der Waals surface area contributed by atoms with Crippen molar-refractivity contribution in [2.45, 2.75) is 0 Å². The number of hydrogen-bond donors (Lipinski definition) is 0. The van der Waals surface area contributed by atoms with E-state index in [4.69, 9.17) is 15.0 Å². The molecular formula is C21H17Cl3CoN5. The first-order valence-corrected chi connectivity index (χ1v) is 8.53. The zero-order valence-corrected chi connectivity index (χ0v) is 19.4. The SMILES string of the molecule is Cn1c(-c2cccc(-c3nc4ccccc4n3C)n2)nc2ccccc21.[Cl-].[Cl-].[Cl-].[Co+3]. The number of rotatable bonds is 2. The summed E-state index contributed by atoms with van der Waals surface area (Å²) in [6, 6.07) is 22.2. The molecule has 0 N–H and O–H groups in total. The van der Waals surface area contributed by atoms with Gasteiger partial charge < -0.3 is 46.4 Å². The van der Waals surface area contributed by atoms with Gasteiger partial charge in [-0.3, -0.25) is 0 Å². The first kappa shape index (κ1) is 25.9. The fourth-order valence-corrected chi connectivity index (χ4v) is 3.43. The molecule has 0 saturated heterocycles. The Morgan fingerprint density at radius 3 is 1.33 bits per heavy atom. The Bertz CT molecular complexity index is 1190. The fraction of sp³-hybridized carbons (Fsp3) is 0.0952. The Morgan fingerprint density at radius 2 is 0.933 bits per heavy atom. The maximum absolute atomic E-state index is 4.86. The molecule has 0 atom stereocenters. The van der Waals surface area contributed by atoms with Gasteiger partial charge in [0.2, 0.25) is 0 Å². The van der Waals surface area contributed by atoms with Crippen LogP contribution in [0, 0.1) is 0 Å². The average molecular weight is 505 g/mol. The topological polar surface area (TPSA) is 48.5 Å². The van der Waals surface area contributed by atoms with Crippen LogP contribution in [0.4, 0.5) is 0 Å². The van der Waals surface area contributed by atoms with Gasteiger partial charge in [0.25, 0.3) is 0 Å². The molecule has 9 heteroatoms. The summed E-state index contributed by atoms with van der Waals surface area (Å²) in [4.78, 5) is 14.4. The number of aromatic nitrogens is 5. The van der Waals surface area contributed by atoms with Gasteiger partial charge in [-0.05, 0) is 36.4 Å².